The van der Waals surface area contributed by atoms with Gasteiger partial charge in [-0.3, -0.25) is 0 Å². The largest absolute Gasteiger partial charge is 0.310 e. The van der Waals surface area contributed by atoms with Gasteiger partial charge in [-0.2, -0.15) is 0 Å². The highest BCUT2D eigenvalue weighted by Crippen LogP contribution is 2.60. The maximum absolute atomic E-state index is 2.61. The number of hydrogen-bond acceptors (Lipinski definition) is 1. The Balaban J connectivity index is 0.787. The average Bonchev–Trinajstić information content (AvgIpc) is 1.53. The van der Waals surface area contributed by atoms with Crippen molar-refractivity contribution in [3.05, 3.63) is 379 Å². The smallest absolute Gasteiger partial charge is 0.0543 e. The van der Waals surface area contributed by atoms with Crippen LogP contribution >= 0.6 is 0 Å². The molecule has 18 aromatic carbocycles. The third-order valence-corrected chi connectivity index (χ3v) is 24.9. The molecule has 18 aromatic rings. The van der Waals surface area contributed by atoms with Gasteiger partial charge in [0.2, 0.25) is 0 Å². The van der Waals surface area contributed by atoms with Crippen LogP contribution in [-0.2, 0) is 21.7 Å². The first-order valence-electron chi connectivity index (χ1n) is 39.5. The standard InChI is InChI=1S/C110H87N/c1-107(2,3)85-45-49-87(50-46-85)111(88-51-47-86(48-52-88)108(4,5)6)104-67-103-106(96-34-20-19-33-95(96)104)99-66-101-98(65-102(99)110(103,9)10)94-54-44-77(64-100(94)109(101,7)8)79-57-80(81-58-82(91-35-21-29-70-25-15-17-31-89(70)91)62-83(59-81)92-36-22-30-71-26-16-18-32-90(71)92)61-84(60-79)105-93(78-42-38-69-24-12-14-28-74(69)56-78)53-43-72-39-41-76(63-97(72)105)75-40-37-68-23-11-13-27-73(68)55-75/h11-67H,1-10H3. The molecular weight excluding hydrogens is 1340 g/mol. The first-order valence-corrected chi connectivity index (χ1v) is 39.5. The van der Waals surface area contributed by atoms with E-state index in [1.54, 1.807) is 0 Å². The third kappa shape index (κ3) is 11.3. The van der Waals surface area contributed by atoms with Crippen LogP contribution in [0.25, 0.3) is 165 Å². The van der Waals surface area contributed by atoms with Crippen molar-refractivity contribution < 1.29 is 0 Å². The first-order chi connectivity index (χ1) is 53.7. The number of fused-ring (bicyclic) bond motifs is 13. The molecule has 0 radical (unpaired) electrons. The van der Waals surface area contributed by atoms with E-state index < -0.39 is 0 Å². The number of nitrogens with zero attached hydrogens (tertiary/aromatic N) is 1. The normalized spacial score (nSPS) is 13.5. The average molecular weight is 1420 g/mol. The molecule has 0 heterocycles. The van der Waals surface area contributed by atoms with Crippen molar-refractivity contribution in [1.82, 2.24) is 0 Å². The maximum atomic E-state index is 2.61. The number of hydrogen-bond donors (Lipinski definition) is 0. The molecule has 0 amide bonds. The Morgan fingerprint density at radius 2 is 0.595 bits per heavy atom. The summed E-state index contributed by atoms with van der Waals surface area (Å²) in [5.74, 6) is 0. The molecule has 532 valence electrons. The molecular formula is C110H87N. The van der Waals surface area contributed by atoms with Crippen LogP contribution in [0, 0.1) is 0 Å². The molecule has 0 N–H and O–H groups in total. The highest BCUT2D eigenvalue weighted by atomic mass is 15.1. The van der Waals surface area contributed by atoms with E-state index in [1.807, 2.05) is 0 Å². The fourth-order valence-electron chi connectivity index (χ4n) is 18.7. The van der Waals surface area contributed by atoms with Crippen LogP contribution in [0.1, 0.15) is 103 Å². The first kappa shape index (κ1) is 67.7. The molecule has 0 saturated carbocycles. The summed E-state index contributed by atoms with van der Waals surface area (Å²) in [6.45, 7) is 23.7. The van der Waals surface area contributed by atoms with Gasteiger partial charge in [0, 0.05) is 27.6 Å². The van der Waals surface area contributed by atoms with Crippen LogP contribution in [-0.4, -0.2) is 0 Å². The zero-order valence-electron chi connectivity index (χ0n) is 64.9. The molecule has 0 aliphatic heterocycles. The molecule has 111 heavy (non-hydrogen) atoms. The summed E-state index contributed by atoms with van der Waals surface area (Å²) in [6.07, 6.45) is 0. The summed E-state index contributed by atoms with van der Waals surface area (Å²) < 4.78 is 0. The highest BCUT2D eigenvalue weighted by molar-refractivity contribution is 6.12. The van der Waals surface area contributed by atoms with E-state index in [9.17, 15) is 0 Å². The molecule has 1 nitrogen and oxygen atoms in total. The minimum atomic E-state index is -0.355. The Bertz CT molecular complexity index is 6710. The van der Waals surface area contributed by atoms with E-state index in [0.29, 0.717) is 0 Å². The van der Waals surface area contributed by atoms with Crippen molar-refractivity contribution >= 4 is 81.7 Å². The second-order valence-electron chi connectivity index (χ2n) is 34.4. The summed E-state index contributed by atoms with van der Waals surface area (Å²) in [4.78, 5) is 2.51. The second kappa shape index (κ2) is 25.5. The maximum Gasteiger partial charge on any atom is 0.0543 e. The van der Waals surface area contributed by atoms with Crippen molar-refractivity contribution in [3.8, 4) is 100 Å². The lowest BCUT2D eigenvalue weighted by Gasteiger charge is -2.31. The SMILES string of the molecule is CC(C)(C)c1ccc(N(c2ccc(C(C)(C)C)cc2)c2cc3c(c4ccccc24)-c2cc4c(cc2C3(C)C)-c2ccc(-c3cc(-c5cc(-c6cccc7ccccc67)cc(-c6cccc7ccccc67)c5)cc(-c5c(-c6ccc7ccccc7c6)ccc6ccc(-c7ccc8ccccc8c7)cc56)c3)cc2C4(C)C)cc1. The Morgan fingerprint density at radius 3 is 1.18 bits per heavy atom. The molecule has 1 heteroatoms. The highest BCUT2D eigenvalue weighted by Gasteiger charge is 2.43. The van der Waals surface area contributed by atoms with Gasteiger partial charge in [0.25, 0.3) is 0 Å². The number of anilines is 3. The van der Waals surface area contributed by atoms with Crippen molar-refractivity contribution in [2.24, 2.45) is 0 Å². The fourth-order valence-corrected chi connectivity index (χ4v) is 18.7. The summed E-state index contributed by atoms with van der Waals surface area (Å²) in [6, 6.07) is 132. The van der Waals surface area contributed by atoms with Crippen LogP contribution in [0.3, 0.4) is 0 Å². The monoisotopic (exact) mass is 1420 g/mol. The molecule has 0 saturated heterocycles. The van der Waals surface area contributed by atoms with Gasteiger partial charge in [-0.05, 0) is 307 Å². The Labute approximate surface area is 652 Å². The van der Waals surface area contributed by atoms with Crippen LogP contribution in [0.2, 0.25) is 0 Å². The van der Waals surface area contributed by atoms with E-state index in [2.05, 4.69) is 420 Å². The quantitative estimate of drug-likeness (QED) is 0.132. The predicted molar refractivity (Wildman–Crippen MR) is 477 cm³/mol. The van der Waals surface area contributed by atoms with E-state index in [0.717, 1.165) is 33.6 Å². The van der Waals surface area contributed by atoms with Gasteiger partial charge in [-0.15, -0.1) is 0 Å². The van der Waals surface area contributed by atoms with Gasteiger partial charge in [0.15, 0.2) is 0 Å². The van der Waals surface area contributed by atoms with Gasteiger partial charge in [-0.1, -0.05) is 312 Å². The molecule has 0 fully saturated rings. The Morgan fingerprint density at radius 1 is 0.207 bits per heavy atom. The molecule has 0 aromatic heterocycles. The topological polar surface area (TPSA) is 3.24 Å². The van der Waals surface area contributed by atoms with Gasteiger partial charge >= 0.3 is 0 Å². The van der Waals surface area contributed by atoms with E-state index in [4.69, 9.17) is 0 Å². The molecule has 0 atom stereocenters. The van der Waals surface area contributed by atoms with Gasteiger partial charge in [-0.25, -0.2) is 0 Å². The zero-order chi connectivity index (χ0) is 75.4. The van der Waals surface area contributed by atoms with Gasteiger partial charge in [0.1, 0.15) is 0 Å². The number of rotatable bonds is 10. The summed E-state index contributed by atoms with van der Waals surface area (Å²) in [5, 5.41) is 14.7. The summed E-state index contributed by atoms with van der Waals surface area (Å²) in [7, 11) is 0. The Hall–Kier alpha value is -12.7. The molecule has 0 unspecified atom stereocenters. The third-order valence-electron chi connectivity index (χ3n) is 24.9. The van der Waals surface area contributed by atoms with Crippen molar-refractivity contribution in [1.29, 1.82) is 0 Å². The van der Waals surface area contributed by atoms with Crippen LogP contribution < -0.4 is 4.90 Å². The number of benzene rings is 18. The minimum absolute atomic E-state index is 0.0231. The molecule has 20 rings (SSSR count). The molecule has 2 aliphatic rings. The predicted octanol–water partition coefficient (Wildman–Crippen LogP) is 31.0. The van der Waals surface area contributed by atoms with Crippen molar-refractivity contribution in [2.75, 3.05) is 4.90 Å². The zero-order valence-corrected chi connectivity index (χ0v) is 64.9. The minimum Gasteiger partial charge on any atom is -0.310 e. The molecule has 2 aliphatic carbocycles. The van der Waals surface area contributed by atoms with Crippen molar-refractivity contribution in [2.45, 2.75) is 90.9 Å². The van der Waals surface area contributed by atoms with Gasteiger partial charge < -0.3 is 4.90 Å². The summed E-state index contributed by atoms with van der Waals surface area (Å²) >= 11 is 0. The van der Waals surface area contributed by atoms with Gasteiger partial charge in [0.05, 0.1) is 5.69 Å². The lowest BCUT2D eigenvalue weighted by molar-refractivity contribution is 0.590. The van der Waals surface area contributed by atoms with E-state index >= 15 is 0 Å². The van der Waals surface area contributed by atoms with Crippen LogP contribution in [0.5, 0.6) is 0 Å². The molecule has 0 spiro atoms. The van der Waals surface area contributed by atoms with E-state index in [-0.39, 0.29) is 21.7 Å². The fraction of sp³-hybridized carbons (Fsp3) is 0.127. The van der Waals surface area contributed by atoms with E-state index in [1.165, 1.54) is 182 Å². The lowest BCUT2D eigenvalue weighted by atomic mass is 9.79. The Kier molecular flexibility index (Phi) is 15.5. The van der Waals surface area contributed by atoms with Crippen molar-refractivity contribution in [3.63, 3.8) is 0 Å². The molecule has 0 bridgehead atoms. The second-order valence-corrected chi connectivity index (χ2v) is 34.4. The summed E-state index contributed by atoms with van der Waals surface area (Å²) in [5.41, 5.74) is 32.7. The lowest BCUT2D eigenvalue weighted by Crippen LogP contribution is -2.18. The van der Waals surface area contributed by atoms with Crippen LogP contribution in [0.15, 0.2) is 346 Å². The van der Waals surface area contributed by atoms with Crippen LogP contribution in [0.4, 0.5) is 17.1 Å².